The molecule has 0 spiro atoms. The molecule has 0 saturated heterocycles. The Labute approximate surface area is 190 Å². The summed E-state index contributed by atoms with van der Waals surface area (Å²) >= 11 is 3.76. The SMILES string of the molecule is Cc1nc(C)n(Cc2c3ccocc-3c(Br)c2-c2ccccc2-c2nnn[nH]2)c1C(=O)O. The highest BCUT2D eigenvalue weighted by atomic mass is 79.9. The number of nitrogens with one attached hydrogen (secondary N) is 1. The first kappa shape index (κ1) is 20.1. The molecule has 10 heteroatoms. The van der Waals surface area contributed by atoms with Crippen LogP contribution in [0.15, 0.2) is 51.7 Å². The number of halogens is 1. The molecule has 9 nitrogen and oxygen atoms in total. The van der Waals surface area contributed by atoms with Crippen LogP contribution in [-0.4, -0.2) is 41.3 Å². The first-order valence-electron chi connectivity index (χ1n) is 9.74. The Morgan fingerprint density at radius 3 is 2.66 bits per heavy atom. The number of aromatic nitrogens is 6. The number of nitrogens with zero attached hydrogens (tertiary/aromatic N) is 5. The molecule has 0 radical (unpaired) electrons. The van der Waals surface area contributed by atoms with Crippen molar-refractivity contribution in [2.75, 3.05) is 0 Å². The number of imidazole rings is 1. The topological polar surface area (TPSA) is 123 Å². The maximum Gasteiger partial charge on any atom is 0.354 e. The second-order valence-electron chi connectivity index (χ2n) is 7.33. The van der Waals surface area contributed by atoms with Gasteiger partial charge >= 0.3 is 5.97 Å². The van der Waals surface area contributed by atoms with Crippen molar-refractivity contribution in [1.29, 1.82) is 0 Å². The van der Waals surface area contributed by atoms with Gasteiger partial charge in [-0.05, 0) is 63.0 Å². The van der Waals surface area contributed by atoms with Crippen LogP contribution in [-0.2, 0) is 6.54 Å². The minimum Gasteiger partial charge on any atom is -0.477 e. The van der Waals surface area contributed by atoms with Crippen molar-refractivity contribution < 1.29 is 14.3 Å². The third-order valence-electron chi connectivity index (χ3n) is 5.52. The first-order valence-corrected chi connectivity index (χ1v) is 10.5. The summed E-state index contributed by atoms with van der Waals surface area (Å²) in [6.07, 6.45) is 3.29. The number of H-pyrrole nitrogens is 1. The average Bonchev–Trinajstić information content (AvgIpc) is 3.47. The Bertz CT molecular complexity index is 1420. The lowest BCUT2D eigenvalue weighted by atomic mass is 9.97. The number of rotatable bonds is 5. The number of aromatic carboxylic acids is 1. The van der Waals surface area contributed by atoms with E-state index in [9.17, 15) is 9.90 Å². The smallest absolute Gasteiger partial charge is 0.354 e. The third kappa shape index (κ3) is 3.11. The van der Waals surface area contributed by atoms with Crippen LogP contribution in [0.3, 0.4) is 0 Å². The molecule has 1 aliphatic heterocycles. The molecule has 5 rings (SSSR count). The monoisotopic (exact) mass is 492 g/mol. The number of aromatic amines is 1. The van der Waals surface area contributed by atoms with Gasteiger partial charge in [0.15, 0.2) is 11.5 Å². The van der Waals surface area contributed by atoms with Crippen LogP contribution in [0.25, 0.3) is 33.6 Å². The molecule has 3 heterocycles. The highest BCUT2D eigenvalue weighted by molar-refractivity contribution is 9.10. The van der Waals surface area contributed by atoms with Crippen molar-refractivity contribution in [3.8, 4) is 33.6 Å². The van der Waals surface area contributed by atoms with E-state index in [-0.39, 0.29) is 5.69 Å². The standard InChI is InChI=1S/C22H17BrN6O3/c1-11-20(22(30)31)29(12(2)24-11)9-16-13-7-8-32-10-17(13)19(23)18(16)14-5-3-4-6-15(14)21-25-27-28-26-21/h3-8,10H,9H2,1-2H3,(H,30,31)(H,25,26,27,28). The van der Waals surface area contributed by atoms with E-state index >= 15 is 0 Å². The van der Waals surface area contributed by atoms with Crippen molar-refractivity contribution in [1.82, 2.24) is 30.2 Å². The summed E-state index contributed by atoms with van der Waals surface area (Å²) in [5, 5.41) is 24.1. The summed E-state index contributed by atoms with van der Waals surface area (Å²) in [5.41, 5.74) is 6.06. The first-order chi connectivity index (χ1) is 15.5. The van der Waals surface area contributed by atoms with E-state index in [4.69, 9.17) is 4.42 Å². The zero-order valence-corrected chi connectivity index (χ0v) is 18.7. The lowest BCUT2D eigenvalue weighted by molar-refractivity contribution is 0.0684. The maximum atomic E-state index is 12.0. The molecule has 2 aliphatic rings. The predicted octanol–water partition coefficient (Wildman–Crippen LogP) is 4.55. The number of carboxylic acid groups (broad SMARTS) is 1. The summed E-state index contributed by atoms with van der Waals surface area (Å²) in [7, 11) is 0. The van der Waals surface area contributed by atoms with Gasteiger partial charge in [-0.2, -0.15) is 0 Å². The average molecular weight is 493 g/mol. The van der Waals surface area contributed by atoms with Crippen LogP contribution < -0.4 is 0 Å². The number of benzene rings is 1. The molecule has 160 valence electrons. The number of carboxylic acids is 1. The van der Waals surface area contributed by atoms with Crippen LogP contribution in [0, 0.1) is 13.8 Å². The van der Waals surface area contributed by atoms with Gasteiger partial charge in [0, 0.05) is 21.2 Å². The van der Waals surface area contributed by atoms with Crippen LogP contribution in [0.5, 0.6) is 0 Å². The lowest BCUT2D eigenvalue weighted by Gasteiger charge is -2.13. The highest BCUT2D eigenvalue weighted by Crippen LogP contribution is 2.48. The Kier molecular flexibility index (Phi) is 4.86. The summed E-state index contributed by atoms with van der Waals surface area (Å²) in [4.78, 5) is 16.4. The Morgan fingerprint density at radius 2 is 1.94 bits per heavy atom. The van der Waals surface area contributed by atoms with Crippen molar-refractivity contribution in [3.63, 3.8) is 0 Å². The number of carbonyl (C=O) groups is 1. The highest BCUT2D eigenvalue weighted by Gasteiger charge is 2.28. The van der Waals surface area contributed by atoms with Crippen LogP contribution in [0.4, 0.5) is 0 Å². The molecule has 1 aliphatic carbocycles. The van der Waals surface area contributed by atoms with Crippen molar-refractivity contribution in [2.24, 2.45) is 0 Å². The van der Waals surface area contributed by atoms with E-state index in [0.717, 1.165) is 37.9 Å². The zero-order valence-electron chi connectivity index (χ0n) is 17.1. The molecule has 0 amide bonds. The Morgan fingerprint density at radius 1 is 1.16 bits per heavy atom. The largest absolute Gasteiger partial charge is 0.477 e. The molecule has 2 aromatic heterocycles. The van der Waals surface area contributed by atoms with Gasteiger partial charge in [0.05, 0.1) is 24.8 Å². The van der Waals surface area contributed by atoms with Gasteiger partial charge in [-0.25, -0.2) is 14.9 Å². The second kappa shape index (κ2) is 7.72. The van der Waals surface area contributed by atoms with Crippen molar-refractivity contribution >= 4 is 21.9 Å². The third-order valence-corrected chi connectivity index (χ3v) is 6.34. The molecule has 0 atom stereocenters. The van der Waals surface area contributed by atoms with Gasteiger partial charge in [0.1, 0.15) is 5.82 Å². The minimum absolute atomic E-state index is 0.173. The van der Waals surface area contributed by atoms with Gasteiger partial charge in [0.2, 0.25) is 0 Å². The van der Waals surface area contributed by atoms with E-state index in [2.05, 4.69) is 41.5 Å². The van der Waals surface area contributed by atoms with E-state index in [0.29, 0.717) is 23.9 Å². The molecule has 3 aromatic rings. The van der Waals surface area contributed by atoms with Crippen molar-refractivity contribution in [3.05, 3.63) is 70.1 Å². The van der Waals surface area contributed by atoms with Gasteiger partial charge in [-0.15, -0.1) is 5.10 Å². The maximum absolute atomic E-state index is 12.0. The van der Waals surface area contributed by atoms with Crippen LogP contribution in [0.2, 0.25) is 0 Å². The van der Waals surface area contributed by atoms with Crippen molar-refractivity contribution in [2.45, 2.75) is 20.4 Å². The van der Waals surface area contributed by atoms with Crippen LogP contribution >= 0.6 is 15.9 Å². The van der Waals surface area contributed by atoms with E-state index in [1.54, 1.807) is 24.0 Å². The fourth-order valence-electron chi connectivity index (χ4n) is 4.16. The molecule has 32 heavy (non-hydrogen) atoms. The van der Waals surface area contributed by atoms with Gasteiger partial charge in [-0.1, -0.05) is 24.3 Å². The molecular formula is C22H17BrN6O3. The lowest BCUT2D eigenvalue weighted by Crippen LogP contribution is -2.12. The molecule has 2 N–H and O–H groups in total. The van der Waals surface area contributed by atoms with Crippen LogP contribution in [0.1, 0.15) is 27.6 Å². The molecule has 0 fully saturated rings. The normalized spacial score (nSPS) is 11.3. The fraction of sp³-hybridized carbons (Fsp3) is 0.136. The minimum atomic E-state index is -1.01. The number of hydrogen-bond donors (Lipinski definition) is 2. The van der Waals surface area contributed by atoms with E-state index < -0.39 is 5.97 Å². The summed E-state index contributed by atoms with van der Waals surface area (Å²) in [6, 6.07) is 9.67. The van der Waals surface area contributed by atoms with Gasteiger partial charge < -0.3 is 14.1 Å². The zero-order chi connectivity index (χ0) is 22.4. The molecular weight excluding hydrogens is 476 g/mol. The fourth-order valence-corrected chi connectivity index (χ4v) is 4.92. The number of tetrazole rings is 1. The van der Waals surface area contributed by atoms with E-state index in [1.807, 2.05) is 37.3 Å². The van der Waals surface area contributed by atoms with Gasteiger partial charge in [-0.3, -0.25) is 0 Å². The molecule has 0 unspecified atom stereocenters. The Hall–Kier alpha value is -3.79. The predicted molar refractivity (Wildman–Crippen MR) is 119 cm³/mol. The van der Waals surface area contributed by atoms with Gasteiger partial charge in [0.25, 0.3) is 0 Å². The second-order valence-corrected chi connectivity index (χ2v) is 8.12. The number of hydrogen-bond acceptors (Lipinski definition) is 6. The number of aryl methyl sites for hydroxylation is 2. The summed E-state index contributed by atoms with van der Waals surface area (Å²) < 4.78 is 8.01. The summed E-state index contributed by atoms with van der Waals surface area (Å²) in [6.45, 7) is 3.83. The summed E-state index contributed by atoms with van der Waals surface area (Å²) in [5.74, 6) is 0.154. The molecule has 0 bridgehead atoms. The number of fused-ring (bicyclic) bond motifs is 1. The molecule has 1 aromatic carbocycles. The molecule has 0 saturated carbocycles. The van der Waals surface area contributed by atoms with E-state index in [1.165, 1.54) is 0 Å². The Balaban J connectivity index is 1.79. The quantitative estimate of drug-likeness (QED) is 0.368.